The van der Waals surface area contributed by atoms with E-state index in [-0.39, 0.29) is 90.1 Å². The Balaban J connectivity index is -0.0000000541. The second kappa shape index (κ2) is 34.6. The zero-order chi connectivity index (χ0) is 21.0. The first-order valence-corrected chi connectivity index (χ1v) is 12.6. The van der Waals surface area contributed by atoms with E-state index in [2.05, 4.69) is 12.9 Å². The van der Waals surface area contributed by atoms with Gasteiger partial charge >= 0.3 is 83.5 Å². The molecule has 160 valence electrons. The first-order valence-electron chi connectivity index (χ1n) is 4.76. The van der Waals surface area contributed by atoms with Crippen LogP contribution in [0.3, 0.4) is 0 Å². The van der Waals surface area contributed by atoms with E-state index in [1.54, 1.807) is 0 Å². The summed E-state index contributed by atoms with van der Waals surface area (Å²) in [5.41, 5.74) is 0. The molecule has 0 aromatic heterocycles. The molecule has 25 heteroatoms. The smallest absolute Gasteiger partial charge is 0.781 e. The van der Waals surface area contributed by atoms with Crippen LogP contribution >= 0.6 is 61.1 Å². The molecule has 0 bridgehead atoms. The maximum Gasteiger partial charge on any atom is 3.00 e. The maximum atomic E-state index is 9.29. The van der Waals surface area contributed by atoms with Gasteiger partial charge in [-0.2, -0.15) is 0 Å². The van der Waals surface area contributed by atoms with E-state index in [1.807, 2.05) is 0 Å². The van der Waals surface area contributed by atoms with E-state index in [0.717, 1.165) is 0 Å². The standard InChI is InChI=1S/C2H5ClO.2Ce.3H4O5P2/c3-1-2-4;;;3*1-6(2)5-7(3)4/h4H,1-2H2;;;3*6-7H,(H,1,2)(H,3,4)/q;2*+3;;;/p-6. The van der Waals surface area contributed by atoms with Crippen LogP contribution in [0, 0.1) is 83.5 Å². The molecule has 0 amide bonds. The monoisotopic (exact) mass is 792 g/mol. The summed E-state index contributed by atoms with van der Waals surface area (Å²) in [6, 6.07) is 0. The van der Waals surface area contributed by atoms with Gasteiger partial charge in [0.1, 0.15) is 49.5 Å². The fourth-order valence-corrected chi connectivity index (χ4v) is 1.84. The summed E-state index contributed by atoms with van der Waals surface area (Å²) < 4.78 is 65.4. The van der Waals surface area contributed by atoms with Crippen molar-refractivity contribution in [2.45, 2.75) is 0 Å². The van der Waals surface area contributed by atoms with Crippen molar-refractivity contribution in [1.29, 1.82) is 0 Å². The minimum atomic E-state index is -3.51. The van der Waals surface area contributed by atoms with Gasteiger partial charge in [-0.15, -0.1) is 11.6 Å². The number of aliphatic hydroxyl groups is 1. The number of hydrogen-bond donors (Lipinski definition) is 1. The Kier molecular flexibility index (Phi) is 57.3. The number of aliphatic hydroxyl groups excluding tert-OH is 1. The van der Waals surface area contributed by atoms with Gasteiger partial charge in [-0.3, -0.25) is 12.9 Å². The van der Waals surface area contributed by atoms with Gasteiger partial charge in [-0.25, -0.2) is 0 Å². The van der Waals surface area contributed by atoms with Gasteiger partial charge in [0, 0.05) is 5.88 Å². The van der Waals surface area contributed by atoms with Gasteiger partial charge < -0.3 is 61.9 Å². The summed E-state index contributed by atoms with van der Waals surface area (Å²) in [5, 5.41) is 7.74. The number of halogens is 1. The summed E-state index contributed by atoms with van der Waals surface area (Å²) in [4.78, 5) is 55.7. The molecule has 1 N–H and O–H groups in total. The van der Waals surface area contributed by atoms with Crippen LogP contribution in [0.1, 0.15) is 0 Å². The molecule has 27 heavy (non-hydrogen) atoms. The van der Waals surface area contributed by atoms with Gasteiger partial charge in [0.05, 0.1) is 6.61 Å². The molecule has 0 aliphatic carbocycles. The number of hydrogen-bond acceptors (Lipinski definition) is 16. The van der Waals surface area contributed by atoms with E-state index in [9.17, 15) is 56.8 Å². The molecule has 6 atom stereocenters. The second-order valence-corrected chi connectivity index (χ2v) is 8.05. The average Bonchev–Trinajstić information content (AvgIpc) is 2.35. The molecular formula is C2H11Ce2ClO16P6. The fraction of sp³-hybridized carbons (Fsp3) is 1.00. The molecule has 2 radical (unpaired) electrons. The Morgan fingerprint density at radius 1 is 0.593 bits per heavy atom. The zero-order valence-electron chi connectivity index (χ0n) is 12.4. The van der Waals surface area contributed by atoms with Crippen molar-refractivity contribution in [1.82, 2.24) is 0 Å². The van der Waals surface area contributed by atoms with Gasteiger partial charge in [0.25, 0.3) is 0 Å². The molecule has 0 saturated carbocycles. The number of alkyl halides is 1. The minimum Gasteiger partial charge on any atom is -0.781 e. The second-order valence-electron chi connectivity index (χ2n) is 2.22. The summed E-state index contributed by atoms with van der Waals surface area (Å²) in [6.07, 6.45) is 0. The molecule has 0 aliphatic heterocycles. The average molecular weight is 793 g/mol. The van der Waals surface area contributed by atoms with Crippen LogP contribution in [-0.2, 0) is 40.3 Å². The van der Waals surface area contributed by atoms with Crippen LogP contribution < -0.4 is 29.4 Å². The maximum absolute atomic E-state index is 9.29. The minimum absolute atomic E-state index is 0. The van der Waals surface area contributed by atoms with E-state index in [1.165, 1.54) is 0 Å². The predicted molar refractivity (Wildman–Crippen MR) is 75.1 cm³/mol. The van der Waals surface area contributed by atoms with Crippen LogP contribution in [0.2, 0.25) is 0 Å². The van der Waals surface area contributed by atoms with Crippen molar-refractivity contribution in [3.05, 3.63) is 0 Å². The summed E-state index contributed by atoms with van der Waals surface area (Å²) in [5.74, 6) is 0.347. The van der Waals surface area contributed by atoms with E-state index < -0.39 is 49.5 Å². The van der Waals surface area contributed by atoms with Crippen molar-refractivity contribution in [3.8, 4) is 0 Å². The van der Waals surface area contributed by atoms with Crippen LogP contribution in [0.4, 0.5) is 0 Å². The number of rotatable bonds is 7. The molecule has 16 nitrogen and oxygen atoms in total. The van der Waals surface area contributed by atoms with Gasteiger partial charge in [0.2, 0.25) is 0 Å². The third-order valence-corrected chi connectivity index (χ3v) is 4.75. The van der Waals surface area contributed by atoms with Gasteiger partial charge in [0.15, 0.2) is 0 Å². The van der Waals surface area contributed by atoms with Crippen LogP contribution in [0.15, 0.2) is 0 Å². The largest absolute Gasteiger partial charge is 3.00 e. The molecule has 0 saturated heterocycles. The topological polar surface area (TPSA) is 289 Å². The molecule has 0 rings (SSSR count). The first kappa shape index (κ1) is 44.7. The summed E-state index contributed by atoms with van der Waals surface area (Å²) in [7, 11) is -21.1. The first-order chi connectivity index (χ1) is 11.3. The molecule has 0 spiro atoms. The van der Waals surface area contributed by atoms with E-state index in [4.69, 9.17) is 16.7 Å². The van der Waals surface area contributed by atoms with Crippen LogP contribution in [-0.4, -0.2) is 17.6 Å². The van der Waals surface area contributed by atoms with Crippen molar-refractivity contribution >= 4 is 61.1 Å². The molecule has 0 heterocycles. The molecule has 6 unspecified atom stereocenters. The van der Waals surface area contributed by atoms with Crippen molar-refractivity contribution in [3.63, 3.8) is 0 Å². The van der Waals surface area contributed by atoms with Gasteiger partial charge in [-0.05, 0) is 0 Å². The van der Waals surface area contributed by atoms with Crippen LogP contribution in [0.5, 0.6) is 0 Å². The van der Waals surface area contributed by atoms with Crippen molar-refractivity contribution < 1.29 is 158 Å². The van der Waals surface area contributed by atoms with Crippen LogP contribution in [0.25, 0.3) is 0 Å². The fourth-order valence-electron chi connectivity index (χ4n) is 0.204. The Bertz CT molecular complexity index is 360. The quantitative estimate of drug-likeness (QED) is 0.189. The third-order valence-electron chi connectivity index (χ3n) is 0.585. The summed E-state index contributed by atoms with van der Waals surface area (Å²) in [6.45, 7) is 0.0849. The molecule has 0 aromatic carbocycles. The Hall–Kier alpha value is 4.02. The normalized spacial score (nSPS) is 15.6. The Morgan fingerprint density at radius 3 is 0.704 bits per heavy atom. The SMILES string of the molecule is O=[PH]([O-])O[PH](=O)[O-].O=[PH]([O-])O[PH](=O)[O-].O=[PH]([O-])O[PH](=O)[O-].OCCCl.[Ce+3].[Ce+3]. The summed E-state index contributed by atoms with van der Waals surface area (Å²) >= 11 is 4.94. The third kappa shape index (κ3) is 81.4. The Morgan fingerprint density at radius 2 is 0.704 bits per heavy atom. The molecule has 0 fully saturated rings. The van der Waals surface area contributed by atoms with Crippen molar-refractivity contribution in [2.24, 2.45) is 0 Å². The zero-order valence-corrected chi connectivity index (χ0v) is 25.4. The van der Waals surface area contributed by atoms with Crippen molar-refractivity contribution in [2.75, 3.05) is 12.5 Å². The molecular weight excluding hydrogens is 782 g/mol. The van der Waals surface area contributed by atoms with Gasteiger partial charge in [-0.1, -0.05) is 0 Å². The predicted octanol–water partition coefficient (Wildman–Crippen LogP) is -4.27. The Labute approximate surface area is 228 Å². The molecule has 0 aromatic rings. The molecule has 0 aliphatic rings. The van der Waals surface area contributed by atoms with E-state index in [0.29, 0.717) is 5.88 Å². The van der Waals surface area contributed by atoms with E-state index >= 15 is 0 Å².